The van der Waals surface area contributed by atoms with Crippen molar-refractivity contribution in [1.82, 2.24) is 9.97 Å². The smallest absolute Gasteiger partial charge is 0.150 e. The first-order valence-electron chi connectivity index (χ1n) is 6.87. The van der Waals surface area contributed by atoms with Crippen LogP contribution in [0.15, 0.2) is 11.7 Å². The van der Waals surface area contributed by atoms with Crippen LogP contribution in [-0.4, -0.2) is 34.3 Å². The van der Waals surface area contributed by atoms with Crippen LogP contribution in [0.5, 0.6) is 0 Å². The normalized spacial score (nSPS) is 20.1. The number of nitrogens with zero attached hydrogens (tertiary/aromatic N) is 3. The summed E-state index contributed by atoms with van der Waals surface area (Å²) >= 11 is 1.73. The minimum absolute atomic E-state index is 0.249. The van der Waals surface area contributed by atoms with Crippen LogP contribution in [-0.2, 0) is 0 Å². The van der Waals surface area contributed by atoms with Crippen molar-refractivity contribution in [2.75, 3.05) is 18.1 Å². The van der Waals surface area contributed by atoms with Crippen LogP contribution >= 0.6 is 11.3 Å². The standard InChI is InChI=1S/C14H19N3OS/c1-10-8-19-13-12(10)15-9-16-14(13)17-6-3-2-4-11(17)5-7-18/h8-9,11,18H,2-7H2,1H3. The van der Waals surface area contributed by atoms with E-state index in [0.29, 0.717) is 6.04 Å². The second-order valence-electron chi connectivity index (χ2n) is 5.15. The molecule has 1 aliphatic heterocycles. The average molecular weight is 277 g/mol. The molecule has 3 heterocycles. The lowest BCUT2D eigenvalue weighted by Crippen LogP contribution is -2.40. The number of aromatic nitrogens is 2. The second-order valence-corrected chi connectivity index (χ2v) is 6.03. The zero-order chi connectivity index (χ0) is 13.2. The van der Waals surface area contributed by atoms with E-state index in [-0.39, 0.29) is 6.61 Å². The molecule has 1 N–H and O–H groups in total. The monoisotopic (exact) mass is 277 g/mol. The molecular formula is C14H19N3OS. The Morgan fingerprint density at radius 2 is 2.32 bits per heavy atom. The quantitative estimate of drug-likeness (QED) is 0.937. The number of hydrogen-bond donors (Lipinski definition) is 1. The van der Waals surface area contributed by atoms with Crippen molar-refractivity contribution in [2.24, 2.45) is 0 Å². The van der Waals surface area contributed by atoms with Crippen LogP contribution in [0, 0.1) is 6.92 Å². The Labute approximate surface area is 117 Å². The molecule has 1 atom stereocenters. The van der Waals surface area contributed by atoms with Crippen molar-refractivity contribution in [3.05, 3.63) is 17.3 Å². The van der Waals surface area contributed by atoms with Crippen LogP contribution in [0.4, 0.5) is 5.82 Å². The highest BCUT2D eigenvalue weighted by Crippen LogP contribution is 2.34. The molecule has 0 radical (unpaired) electrons. The number of rotatable bonds is 3. The zero-order valence-electron chi connectivity index (χ0n) is 11.2. The van der Waals surface area contributed by atoms with Crippen LogP contribution in [0.2, 0.25) is 0 Å². The van der Waals surface area contributed by atoms with Crippen LogP contribution in [0.1, 0.15) is 31.2 Å². The topological polar surface area (TPSA) is 49.2 Å². The van der Waals surface area contributed by atoms with Gasteiger partial charge in [0.1, 0.15) is 12.1 Å². The molecule has 0 spiro atoms. The predicted octanol–water partition coefficient (Wildman–Crippen LogP) is 2.74. The first-order chi connectivity index (χ1) is 9.31. The number of aliphatic hydroxyl groups is 1. The van der Waals surface area contributed by atoms with Gasteiger partial charge in [0.15, 0.2) is 0 Å². The van der Waals surface area contributed by atoms with Crippen molar-refractivity contribution >= 4 is 27.4 Å². The minimum atomic E-state index is 0.249. The summed E-state index contributed by atoms with van der Waals surface area (Å²) in [7, 11) is 0. The molecule has 2 aromatic rings. The van der Waals surface area contributed by atoms with Crippen LogP contribution in [0.3, 0.4) is 0 Å². The van der Waals surface area contributed by atoms with E-state index in [9.17, 15) is 5.11 Å². The van der Waals surface area contributed by atoms with E-state index >= 15 is 0 Å². The minimum Gasteiger partial charge on any atom is -0.396 e. The lowest BCUT2D eigenvalue weighted by molar-refractivity contribution is 0.262. The third-order valence-electron chi connectivity index (χ3n) is 3.87. The summed E-state index contributed by atoms with van der Waals surface area (Å²) in [6.07, 6.45) is 6.10. The lowest BCUT2D eigenvalue weighted by atomic mass is 9.99. The van der Waals surface area contributed by atoms with Gasteiger partial charge in [0.25, 0.3) is 0 Å². The van der Waals surface area contributed by atoms with Crippen molar-refractivity contribution in [3.8, 4) is 0 Å². The first kappa shape index (κ1) is 12.8. The van der Waals surface area contributed by atoms with Crippen molar-refractivity contribution < 1.29 is 5.11 Å². The van der Waals surface area contributed by atoms with Gasteiger partial charge in [0, 0.05) is 19.2 Å². The maximum absolute atomic E-state index is 9.24. The third-order valence-corrected chi connectivity index (χ3v) is 4.96. The molecule has 0 aromatic carbocycles. The Hall–Kier alpha value is -1.20. The van der Waals surface area contributed by atoms with Crippen LogP contribution < -0.4 is 4.90 Å². The highest BCUT2D eigenvalue weighted by molar-refractivity contribution is 7.18. The highest BCUT2D eigenvalue weighted by atomic mass is 32.1. The Kier molecular flexibility index (Phi) is 3.66. The van der Waals surface area contributed by atoms with Gasteiger partial charge in [-0.15, -0.1) is 11.3 Å². The summed E-state index contributed by atoms with van der Waals surface area (Å²) in [6, 6.07) is 0.416. The van der Waals surface area contributed by atoms with Gasteiger partial charge in [-0.2, -0.15) is 0 Å². The summed E-state index contributed by atoms with van der Waals surface area (Å²) in [5.74, 6) is 1.06. The number of anilines is 1. The summed E-state index contributed by atoms with van der Waals surface area (Å²) in [4.78, 5) is 11.3. The van der Waals surface area contributed by atoms with E-state index in [1.54, 1.807) is 17.7 Å². The number of aryl methyl sites for hydroxylation is 1. The van der Waals surface area contributed by atoms with Gasteiger partial charge in [-0.05, 0) is 43.6 Å². The van der Waals surface area contributed by atoms with Gasteiger partial charge >= 0.3 is 0 Å². The molecule has 19 heavy (non-hydrogen) atoms. The summed E-state index contributed by atoms with van der Waals surface area (Å²) in [6.45, 7) is 3.38. The number of aliphatic hydroxyl groups excluding tert-OH is 1. The van der Waals surface area contributed by atoms with E-state index < -0.39 is 0 Å². The van der Waals surface area contributed by atoms with Crippen molar-refractivity contribution in [1.29, 1.82) is 0 Å². The SMILES string of the molecule is Cc1csc2c(N3CCCCC3CCO)ncnc12. The van der Waals surface area contributed by atoms with E-state index in [0.717, 1.165) is 30.7 Å². The van der Waals surface area contributed by atoms with Crippen molar-refractivity contribution in [3.63, 3.8) is 0 Å². The lowest BCUT2D eigenvalue weighted by Gasteiger charge is -2.36. The maximum atomic E-state index is 9.24. The number of thiophene rings is 1. The van der Waals surface area contributed by atoms with Gasteiger partial charge in [-0.3, -0.25) is 0 Å². The molecule has 2 aromatic heterocycles. The van der Waals surface area contributed by atoms with E-state index in [2.05, 4.69) is 27.2 Å². The number of hydrogen-bond acceptors (Lipinski definition) is 5. The highest BCUT2D eigenvalue weighted by Gasteiger charge is 2.25. The van der Waals surface area contributed by atoms with Gasteiger partial charge in [-0.1, -0.05) is 0 Å². The van der Waals surface area contributed by atoms with E-state index in [1.807, 2.05) is 0 Å². The summed E-state index contributed by atoms with van der Waals surface area (Å²) in [5, 5.41) is 11.4. The molecule has 0 bridgehead atoms. The van der Waals surface area contributed by atoms with E-state index in [1.165, 1.54) is 23.1 Å². The number of piperidine rings is 1. The fourth-order valence-corrected chi connectivity index (χ4v) is 3.90. The molecule has 5 heteroatoms. The predicted molar refractivity (Wildman–Crippen MR) is 78.8 cm³/mol. The largest absolute Gasteiger partial charge is 0.396 e. The van der Waals surface area contributed by atoms with E-state index in [4.69, 9.17) is 0 Å². The van der Waals surface area contributed by atoms with Gasteiger partial charge in [0.05, 0.1) is 10.2 Å². The molecule has 0 aliphatic carbocycles. The summed E-state index contributed by atoms with van der Waals surface area (Å²) in [5.41, 5.74) is 2.29. The molecular weight excluding hydrogens is 258 g/mol. The molecule has 0 amide bonds. The third kappa shape index (κ3) is 2.32. The van der Waals surface area contributed by atoms with Gasteiger partial charge in [0.2, 0.25) is 0 Å². The fourth-order valence-electron chi connectivity index (χ4n) is 2.89. The van der Waals surface area contributed by atoms with Crippen molar-refractivity contribution in [2.45, 2.75) is 38.6 Å². The molecule has 0 saturated carbocycles. The molecule has 3 rings (SSSR count). The second kappa shape index (κ2) is 5.43. The summed E-state index contributed by atoms with van der Waals surface area (Å²) < 4.78 is 1.19. The molecule has 102 valence electrons. The molecule has 1 fully saturated rings. The number of fused-ring (bicyclic) bond motifs is 1. The maximum Gasteiger partial charge on any atom is 0.150 e. The Balaban J connectivity index is 2.01. The van der Waals surface area contributed by atoms with Gasteiger partial charge in [-0.25, -0.2) is 9.97 Å². The van der Waals surface area contributed by atoms with Crippen LogP contribution in [0.25, 0.3) is 10.2 Å². The fraction of sp³-hybridized carbons (Fsp3) is 0.571. The molecule has 4 nitrogen and oxygen atoms in total. The Morgan fingerprint density at radius 3 is 3.16 bits per heavy atom. The Morgan fingerprint density at radius 1 is 1.42 bits per heavy atom. The average Bonchev–Trinajstić information content (AvgIpc) is 2.82. The zero-order valence-corrected chi connectivity index (χ0v) is 12.0. The molecule has 1 aliphatic rings. The first-order valence-corrected chi connectivity index (χ1v) is 7.75. The Bertz CT molecular complexity index is 567. The molecule has 1 unspecified atom stereocenters. The molecule has 1 saturated heterocycles. The van der Waals surface area contributed by atoms with Gasteiger partial charge < -0.3 is 10.0 Å².